The van der Waals surface area contributed by atoms with Crippen LogP contribution in [-0.4, -0.2) is 0 Å². The Morgan fingerprint density at radius 3 is 2.57 bits per heavy atom. The highest BCUT2D eigenvalue weighted by molar-refractivity contribution is 5.53. The molecule has 0 radical (unpaired) electrons. The molecule has 0 atom stereocenters. The van der Waals surface area contributed by atoms with E-state index in [9.17, 15) is 0 Å². The largest absolute Gasteiger partial charge is 0.402 e. The first-order valence-corrected chi connectivity index (χ1v) is 5.31. The van der Waals surface area contributed by atoms with E-state index >= 15 is 0 Å². The van der Waals surface area contributed by atoms with E-state index in [1.54, 1.807) is 0 Å². The second-order valence-corrected chi connectivity index (χ2v) is 4.00. The number of rotatable bonds is 1. The quantitative estimate of drug-likeness (QED) is 0.670. The molecule has 0 heterocycles. The molecule has 1 heteroatoms. The summed E-state index contributed by atoms with van der Waals surface area (Å²) in [6, 6.07) is 0. The lowest BCUT2D eigenvalue weighted by Gasteiger charge is -2.17. The molecule has 0 aromatic rings. The van der Waals surface area contributed by atoms with Crippen molar-refractivity contribution < 1.29 is 0 Å². The third kappa shape index (κ3) is 1.82. The van der Waals surface area contributed by atoms with Crippen LogP contribution >= 0.6 is 0 Å². The molecule has 2 N–H and O–H groups in total. The highest BCUT2D eigenvalue weighted by atomic mass is 14.6. The van der Waals surface area contributed by atoms with E-state index in [1.165, 1.54) is 23.1 Å². The third-order valence-electron chi connectivity index (χ3n) is 2.84. The Hall–Kier alpha value is -1.24. The normalized spacial score (nSPS) is 22.1. The van der Waals surface area contributed by atoms with Crippen molar-refractivity contribution in [1.82, 2.24) is 0 Å². The van der Waals surface area contributed by atoms with Crippen molar-refractivity contribution in [2.45, 2.75) is 32.6 Å². The molecule has 0 aromatic carbocycles. The van der Waals surface area contributed by atoms with Gasteiger partial charge in [-0.05, 0) is 55.4 Å². The van der Waals surface area contributed by atoms with Gasteiger partial charge in [-0.3, -0.25) is 0 Å². The first-order chi connectivity index (χ1) is 6.77. The summed E-state index contributed by atoms with van der Waals surface area (Å²) < 4.78 is 0. The van der Waals surface area contributed by atoms with E-state index in [1.807, 2.05) is 0 Å². The monoisotopic (exact) mass is 187 g/mol. The van der Waals surface area contributed by atoms with E-state index < -0.39 is 0 Å². The molecule has 2 aliphatic carbocycles. The van der Waals surface area contributed by atoms with E-state index in [0.717, 1.165) is 25.0 Å². The summed E-state index contributed by atoms with van der Waals surface area (Å²) in [5, 5.41) is 0. The smallest absolute Gasteiger partial charge is 0.00896 e. The number of hydrogen-bond donors (Lipinski definition) is 1. The zero-order chi connectivity index (χ0) is 9.97. The molecule has 2 rings (SSSR count). The van der Waals surface area contributed by atoms with Crippen molar-refractivity contribution in [2.75, 3.05) is 0 Å². The SMILES string of the molecule is CC1=CCCC=C1C1=CCCC(N)=C1. The molecule has 0 aliphatic heterocycles. The molecule has 1 nitrogen and oxygen atoms in total. The first-order valence-electron chi connectivity index (χ1n) is 5.31. The minimum Gasteiger partial charge on any atom is -0.402 e. The summed E-state index contributed by atoms with van der Waals surface area (Å²) >= 11 is 0. The molecule has 0 aromatic heterocycles. The van der Waals surface area contributed by atoms with Crippen LogP contribution in [0.25, 0.3) is 0 Å². The van der Waals surface area contributed by atoms with Crippen LogP contribution in [0.2, 0.25) is 0 Å². The first kappa shape index (κ1) is 9.32. The summed E-state index contributed by atoms with van der Waals surface area (Å²) in [5.74, 6) is 0. The van der Waals surface area contributed by atoms with Crippen LogP contribution in [0.4, 0.5) is 0 Å². The zero-order valence-corrected chi connectivity index (χ0v) is 8.72. The van der Waals surface area contributed by atoms with Gasteiger partial charge in [-0.2, -0.15) is 0 Å². The lowest BCUT2D eigenvalue weighted by molar-refractivity contribution is 0.924. The maximum absolute atomic E-state index is 5.85. The molecule has 0 unspecified atom stereocenters. The molecule has 0 fully saturated rings. The second kappa shape index (κ2) is 3.87. The fourth-order valence-electron chi connectivity index (χ4n) is 2.06. The fourth-order valence-corrected chi connectivity index (χ4v) is 2.06. The van der Waals surface area contributed by atoms with Gasteiger partial charge in [0, 0.05) is 5.70 Å². The number of nitrogens with two attached hydrogens (primary N) is 1. The van der Waals surface area contributed by atoms with Crippen LogP contribution in [0.5, 0.6) is 0 Å². The molecule has 14 heavy (non-hydrogen) atoms. The Morgan fingerprint density at radius 1 is 1.07 bits per heavy atom. The van der Waals surface area contributed by atoms with Gasteiger partial charge in [0.2, 0.25) is 0 Å². The van der Waals surface area contributed by atoms with E-state index in [2.05, 4.69) is 31.2 Å². The summed E-state index contributed by atoms with van der Waals surface area (Å²) in [6.45, 7) is 2.18. The lowest BCUT2D eigenvalue weighted by Crippen LogP contribution is -2.04. The predicted molar refractivity (Wildman–Crippen MR) is 60.7 cm³/mol. The third-order valence-corrected chi connectivity index (χ3v) is 2.84. The van der Waals surface area contributed by atoms with E-state index in [4.69, 9.17) is 5.73 Å². The molecule has 0 saturated carbocycles. The summed E-state index contributed by atoms with van der Waals surface area (Å²) in [4.78, 5) is 0. The summed E-state index contributed by atoms with van der Waals surface area (Å²) in [7, 11) is 0. The molecule has 2 aliphatic rings. The van der Waals surface area contributed by atoms with Crippen LogP contribution in [0, 0.1) is 0 Å². The van der Waals surface area contributed by atoms with Gasteiger partial charge in [0.15, 0.2) is 0 Å². The van der Waals surface area contributed by atoms with Crippen LogP contribution in [0.15, 0.2) is 46.7 Å². The Bertz CT molecular complexity index is 353. The van der Waals surface area contributed by atoms with Crippen LogP contribution in [-0.2, 0) is 0 Å². The fraction of sp³-hybridized carbons (Fsp3) is 0.385. The Kier molecular flexibility index (Phi) is 2.58. The van der Waals surface area contributed by atoms with E-state index in [0.29, 0.717) is 0 Å². The topological polar surface area (TPSA) is 26.0 Å². The average Bonchev–Trinajstić information content (AvgIpc) is 2.18. The molecular formula is C13H17N. The zero-order valence-electron chi connectivity index (χ0n) is 8.72. The molecule has 74 valence electrons. The van der Waals surface area contributed by atoms with Gasteiger partial charge in [-0.15, -0.1) is 0 Å². The Morgan fingerprint density at radius 2 is 1.86 bits per heavy atom. The summed E-state index contributed by atoms with van der Waals surface area (Å²) in [6.07, 6.45) is 13.5. The van der Waals surface area contributed by atoms with Crippen molar-refractivity contribution in [3.8, 4) is 0 Å². The average molecular weight is 187 g/mol. The van der Waals surface area contributed by atoms with E-state index in [-0.39, 0.29) is 0 Å². The lowest BCUT2D eigenvalue weighted by atomic mass is 9.89. The van der Waals surface area contributed by atoms with Gasteiger partial charge in [-0.25, -0.2) is 0 Å². The van der Waals surface area contributed by atoms with Crippen molar-refractivity contribution in [3.05, 3.63) is 46.7 Å². The minimum atomic E-state index is 1.01. The maximum Gasteiger partial charge on any atom is 0.00896 e. The van der Waals surface area contributed by atoms with Crippen molar-refractivity contribution >= 4 is 0 Å². The van der Waals surface area contributed by atoms with Gasteiger partial charge in [0.05, 0.1) is 0 Å². The molecule has 0 amide bonds. The van der Waals surface area contributed by atoms with Gasteiger partial charge >= 0.3 is 0 Å². The Balaban J connectivity index is 2.27. The van der Waals surface area contributed by atoms with Crippen LogP contribution in [0.1, 0.15) is 32.6 Å². The molecule has 0 bridgehead atoms. The highest BCUT2D eigenvalue weighted by Crippen LogP contribution is 2.29. The Labute approximate surface area is 85.7 Å². The number of hydrogen-bond acceptors (Lipinski definition) is 1. The van der Waals surface area contributed by atoms with Gasteiger partial charge in [-0.1, -0.05) is 18.2 Å². The molecule has 0 spiro atoms. The number of allylic oxidation sites excluding steroid dienone is 8. The van der Waals surface area contributed by atoms with Gasteiger partial charge < -0.3 is 5.73 Å². The van der Waals surface area contributed by atoms with Gasteiger partial charge in [0.25, 0.3) is 0 Å². The molecular weight excluding hydrogens is 170 g/mol. The predicted octanol–water partition coefficient (Wildman–Crippen LogP) is 3.22. The van der Waals surface area contributed by atoms with Crippen molar-refractivity contribution in [1.29, 1.82) is 0 Å². The molecule has 0 saturated heterocycles. The minimum absolute atomic E-state index is 1.01. The summed E-state index contributed by atoms with van der Waals surface area (Å²) in [5.41, 5.74) is 11.0. The highest BCUT2D eigenvalue weighted by Gasteiger charge is 2.10. The van der Waals surface area contributed by atoms with Crippen LogP contribution < -0.4 is 5.73 Å². The van der Waals surface area contributed by atoms with Gasteiger partial charge in [0.1, 0.15) is 0 Å². The standard InChI is InChI=1S/C13H17N/c1-10-5-2-3-8-13(10)11-6-4-7-12(14)9-11/h5-6,8-9H,2-4,7,14H2,1H3. The van der Waals surface area contributed by atoms with Crippen LogP contribution in [0.3, 0.4) is 0 Å². The maximum atomic E-state index is 5.85. The van der Waals surface area contributed by atoms with Crippen molar-refractivity contribution in [2.24, 2.45) is 5.73 Å². The second-order valence-electron chi connectivity index (χ2n) is 4.00. The van der Waals surface area contributed by atoms with Crippen molar-refractivity contribution in [3.63, 3.8) is 0 Å².